The Bertz CT molecular complexity index is 975. The maximum Gasteiger partial charge on any atom is 0.232 e. The fourth-order valence-electron chi connectivity index (χ4n) is 3.24. The molecular formula is C20H19FN4O. The number of aromatic nitrogens is 2. The van der Waals surface area contributed by atoms with E-state index >= 15 is 0 Å². The summed E-state index contributed by atoms with van der Waals surface area (Å²) in [6, 6.07) is 14.0. The summed E-state index contributed by atoms with van der Waals surface area (Å²) in [5.74, 6) is 0.696. The number of anilines is 2. The summed E-state index contributed by atoms with van der Waals surface area (Å²) in [6.45, 7) is 1.32. The maximum atomic E-state index is 14.0. The number of carbonyl (C=O) groups excluding carboxylic acids is 1. The highest BCUT2D eigenvalue weighted by Crippen LogP contribution is 2.30. The van der Waals surface area contributed by atoms with Crippen LogP contribution in [-0.2, 0) is 11.2 Å². The van der Waals surface area contributed by atoms with E-state index in [1.165, 1.54) is 6.07 Å². The molecule has 0 unspecified atom stereocenters. The Balaban J connectivity index is 1.75. The van der Waals surface area contributed by atoms with Gasteiger partial charge < -0.3 is 4.90 Å². The zero-order valence-electron chi connectivity index (χ0n) is 14.5. The summed E-state index contributed by atoms with van der Waals surface area (Å²) in [5.41, 5.74) is 1.93. The number of hydrogen-bond donors (Lipinski definition) is 0. The molecule has 0 spiro atoms. The molecule has 0 saturated carbocycles. The van der Waals surface area contributed by atoms with Gasteiger partial charge in [-0.15, -0.1) is 0 Å². The molecule has 1 aromatic heterocycles. The van der Waals surface area contributed by atoms with E-state index < -0.39 is 0 Å². The number of hydrogen-bond acceptors (Lipinski definition) is 4. The van der Waals surface area contributed by atoms with Gasteiger partial charge in [0.05, 0.1) is 17.5 Å². The Hall–Kier alpha value is -3.02. The first-order valence-corrected chi connectivity index (χ1v) is 8.65. The van der Waals surface area contributed by atoms with E-state index in [9.17, 15) is 9.18 Å². The third-order valence-corrected chi connectivity index (χ3v) is 4.63. The monoisotopic (exact) mass is 350 g/mol. The predicted octanol–water partition coefficient (Wildman–Crippen LogP) is 3.18. The third kappa shape index (κ3) is 2.98. The molecule has 0 saturated heterocycles. The van der Waals surface area contributed by atoms with Crippen LogP contribution in [0.25, 0.3) is 11.0 Å². The second-order valence-electron chi connectivity index (χ2n) is 6.45. The SMILES string of the molecule is CN1CCCN(C(=O)Cc2ccccc2F)c2nc3ccccc3nc21. The molecule has 6 heteroatoms. The van der Waals surface area contributed by atoms with Gasteiger partial charge in [-0.3, -0.25) is 9.69 Å². The van der Waals surface area contributed by atoms with Crippen molar-refractivity contribution in [2.24, 2.45) is 0 Å². The normalized spacial score (nSPS) is 14.2. The molecule has 1 aliphatic rings. The van der Waals surface area contributed by atoms with Gasteiger partial charge in [0.2, 0.25) is 5.91 Å². The molecule has 2 heterocycles. The number of carbonyl (C=O) groups is 1. The molecule has 0 aliphatic carbocycles. The van der Waals surface area contributed by atoms with Gasteiger partial charge in [0, 0.05) is 20.1 Å². The van der Waals surface area contributed by atoms with Crippen molar-refractivity contribution >= 4 is 28.6 Å². The standard InChI is InChI=1S/C20H19FN4O/c1-24-11-6-12-25(18(26)13-14-7-2-3-8-15(14)21)20-19(24)22-16-9-4-5-10-17(16)23-20/h2-5,7-10H,6,11-13H2,1H3. The number of halogens is 1. The first kappa shape index (κ1) is 16.4. The molecule has 3 aromatic rings. The Morgan fingerprint density at radius 3 is 2.38 bits per heavy atom. The van der Waals surface area contributed by atoms with Crippen LogP contribution in [0.1, 0.15) is 12.0 Å². The van der Waals surface area contributed by atoms with Gasteiger partial charge >= 0.3 is 0 Å². The lowest BCUT2D eigenvalue weighted by Crippen LogP contribution is -2.34. The highest BCUT2D eigenvalue weighted by atomic mass is 19.1. The Labute approximate surface area is 151 Å². The molecule has 0 bridgehead atoms. The van der Waals surface area contributed by atoms with Crippen molar-refractivity contribution in [1.82, 2.24) is 9.97 Å². The van der Waals surface area contributed by atoms with E-state index in [0.29, 0.717) is 23.7 Å². The summed E-state index contributed by atoms with van der Waals surface area (Å²) >= 11 is 0. The second-order valence-corrected chi connectivity index (χ2v) is 6.45. The molecule has 1 aliphatic heterocycles. The van der Waals surface area contributed by atoms with Crippen molar-refractivity contribution in [3.05, 3.63) is 59.9 Å². The van der Waals surface area contributed by atoms with Crippen LogP contribution in [0, 0.1) is 5.82 Å². The first-order valence-electron chi connectivity index (χ1n) is 8.65. The van der Waals surface area contributed by atoms with Crippen LogP contribution in [0.15, 0.2) is 48.5 Å². The van der Waals surface area contributed by atoms with Crippen LogP contribution in [0.5, 0.6) is 0 Å². The molecule has 4 rings (SSSR count). The van der Waals surface area contributed by atoms with E-state index in [0.717, 1.165) is 24.0 Å². The zero-order valence-corrected chi connectivity index (χ0v) is 14.5. The smallest absolute Gasteiger partial charge is 0.232 e. The fraction of sp³-hybridized carbons (Fsp3) is 0.250. The van der Waals surface area contributed by atoms with Crippen LogP contribution in [0.4, 0.5) is 16.0 Å². The van der Waals surface area contributed by atoms with E-state index in [1.54, 1.807) is 23.1 Å². The van der Waals surface area contributed by atoms with Crippen LogP contribution < -0.4 is 9.80 Å². The second kappa shape index (κ2) is 6.71. The molecule has 5 nitrogen and oxygen atoms in total. The van der Waals surface area contributed by atoms with Crippen molar-refractivity contribution in [2.45, 2.75) is 12.8 Å². The lowest BCUT2D eigenvalue weighted by molar-refractivity contribution is -0.118. The summed E-state index contributed by atoms with van der Waals surface area (Å²) < 4.78 is 14.0. The quantitative estimate of drug-likeness (QED) is 0.712. The van der Waals surface area contributed by atoms with Gasteiger partial charge in [0.1, 0.15) is 5.82 Å². The van der Waals surface area contributed by atoms with Gasteiger partial charge in [-0.25, -0.2) is 14.4 Å². The Morgan fingerprint density at radius 2 is 1.65 bits per heavy atom. The van der Waals surface area contributed by atoms with Gasteiger partial charge in [0.25, 0.3) is 0 Å². The summed E-state index contributed by atoms with van der Waals surface area (Å²) in [6.07, 6.45) is 0.804. The van der Waals surface area contributed by atoms with E-state index in [4.69, 9.17) is 9.97 Å². The zero-order chi connectivity index (χ0) is 18.1. The molecular weight excluding hydrogens is 331 g/mol. The van der Waals surface area contributed by atoms with Crippen LogP contribution in [-0.4, -0.2) is 36.0 Å². The topological polar surface area (TPSA) is 49.3 Å². The fourth-order valence-corrected chi connectivity index (χ4v) is 3.24. The lowest BCUT2D eigenvalue weighted by Gasteiger charge is -2.23. The first-order chi connectivity index (χ1) is 12.6. The minimum absolute atomic E-state index is 0.00430. The van der Waals surface area contributed by atoms with Gasteiger partial charge in [-0.05, 0) is 30.2 Å². The van der Waals surface area contributed by atoms with Crippen molar-refractivity contribution in [3.8, 4) is 0 Å². The average Bonchev–Trinajstić information content (AvgIpc) is 2.81. The van der Waals surface area contributed by atoms with Crippen LogP contribution >= 0.6 is 0 Å². The number of amides is 1. The molecule has 1 amide bonds. The highest BCUT2D eigenvalue weighted by molar-refractivity contribution is 5.97. The van der Waals surface area contributed by atoms with E-state index in [2.05, 4.69) is 0 Å². The van der Waals surface area contributed by atoms with E-state index in [-0.39, 0.29) is 18.1 Å². The Morgan fingerprint density at radius 1 is 1.00 bits per heavy atom. The minimum atomic E-state index is -0.363. The number of para-hydroxylation sites is 2. The predicted molar refractivity (Wildman–Crippen MR) is 99.9 cm³/mol. The lowest BCUT2D eigenvalue weighted by atomic mass is 10.1. The van der Waals surface area contributed by atoms with Crippen molar-refractivity contribution in [3.63, 3.8) is 0 Å². The number of nitrogens with zero attached hydrogens (tertiary/aromatic N) is 4. The average molecular weight is 350 g/mol. The van der Waals surface area contributed by atoms with Gasteiger partial charge in [-0.1, -0.05) is 30.3 Å². The maximum absolute atomic E-state index is 14.0. The van der Waals surface area contributed by atoms with E-state index in [1.807, 2.05) is 36.2 Å². The highest BCUT2D eigenvalue weighted by Gasteiger charge is 2.27. The number of rotatable bonds is 2. The Kier molecular flexibility index (Phi) is 4.24. The molecule has 26 heavy (non-hydrogen) atoms. The van der Waals surface area contributed by atoms with Crippen LogP contribution in [0.2, 0.25) is 0 Å². The minimum Gasteiger partial charge on any atom is -0.357 e. The summed E-state index contributed by atoms with van der Waals surface area (Å²) in [5, 5.41) is 0. The van der Waals surface area contributed by atoms with Gasteiger partial charge in [0.15, 0.2) is 11.6 Å². The number of fused-ring (bicyclic) bond motifs is 2. The summed E-state index contributed by atoms with van der Waals surface area (Å²) in [7, 11) is 1.95. The van der Waals surface area contributed by atoms with Crippen molar-refractivity contribution in [2.75, 3.05) is 29.9 Å². The molecule has 132 valence electrons. The molecule has 2 aromatic carbocycles. The molecule has 0 atom stereocenters. The number of benzene rings is 2. The largest absolute Gasteiger partial charge is 0.357 e. The molecule has 0 fully saturated rings. The van der Waals surface area contributed by atoms with Crippen LogP contribution in [0.3, 0.4) is 0 Å². The molecule has 0 radical (unpaired) electrons. The third-order valence-electron chi connectivity index (χ3n) is 4.63. The van der Waals surface area contributed by atoms with Gasteiger partial charge in [-0.2, -0.15) is 0 Å². The summed E-state index contributed by atoms with van der Waals surface area (Å²) in [4.78, 5) is 26.0. The van der Waals surface area contributed by atoms with Crippen molar-refractivity contribution < 1.29 is 9.18 Å². The van der Waals surface area contributed by atoms with Crippen molar-refractivity contribution in [1.29, 1.82) is 0 Å². The molecule has 0 N–H and O–H groups in total.